The van der Waals surface area contributed by atoms with Gasteiger partial charge in [0.1, 0.15) is 0 Å². The van der Waals surface area contributed by atoms with Crippen molar-refractivity contribution in [2.75, 3.05) is 24.5 Å². The molecule has 0 radical (unpaired) electrons. The summed E-state index contributed by atoms with van der Waals surface area (Å²) < 4.78 is 28.3. The lowest BCUT2D eigenvalue weighted by Crippen LogP contribution is -2.33. The molecule has 1 fully saturated rings. The van der Waals surface area contributed by atoms with Crippen LogP contribution in [0.1, 0.15) is 42.9 Å². The summed E-state index contributed by atoms with van der Waals surface area (Å²) in [6.45, 7) is 5.75. The molecule has 2 aromatic rings. The van der Waals surface area contributed by atoms with E-state index in [1.165, 1.54) is 25.3 Å². The van der Waals surface area contributed by atoms with Gasteiger partial charge in [0.05, 0.1) is 4.90 Å². The highest BCUT2D eigenvalue weighted by Gasteiger charge is 2.23. The van der Waals surface area contributed by atoms with Crippen molar-refractivity contribution in [3.05, 3.63) is 59.2 Å². The number of aryl methyl sites for hydroxylation is 1. The zero-order valence-corrected chi connectivity index (χ0v) is 18.2. The normalized spacial score (nSPS) is 17.2. The Bertz CT molecular complexity index is 1010. The average molecular weight is 428 g/mol. The van der Waals surface area contributed by atoms with Crippen LogP contribution in [0.4, 0.5) is 5.69 Å². The fourth-order valence-corrected chi connectivity index (χ4v) is 5.36. The minimum atomic E-state index is -3.62. The minimum absolute atomic E-state index is 0.0159. The lowest BCUT2D eigenvalue weighted by molar-refractivity contribution is -0.116. The van der Waals surface area contributed by atoms with E-state index >= 15 is 0 Å². The van der Waals surface area contributed by atoms with Crippen molar-refractivity contribution < 1.29 is 13.2 Å². The number of hydrogen-bond acceptors (Lipinski definition) is 4. The molecule has 160 valence electrons. The van der Waals surface area contributed by atoms with E-state index in [2.05, 4.69) is 21.8 Å². The Morgan fingerprint density at radius 3 is 2.37 bits per heavy atom. The molecule has 0 atom stereocenters. The molecule has 30 heavy (non-hydrogen) atoms. The van der Waals surface area contributed by atoms with Crippen molar-refractivity contribution in [3.63, 3.8) is 0 Å². The summed E-state index contributed by atoms with van der Waals surface area (Å²) >= 11 is 0. The van der Waals surface area contributed by atoms with Crippen molar-refractivity contribution in [2.45, 2.75) is 50.6 Å². The number of amides is 1. The third-order valence-corrected chi connectivity index (χ3v) is 7.35. The number of hydrogen-bond donors (Lipinski definition) is 1. The van der Waals surface area contributed by atoms with Gasteiger partial charge in [-0.2, -0.15) is 0 Å². The Labute approximate surface area is 178 Å². The van der Waals surface area contributed by atoms with Crippen LogP contribution in [-0.2, 0) is 34.3 Å². The summed E-state index contributed by atoms with van der Waals surface area (Å²) in [4.78, 5) is 16.2. The van der Waals surface area contributed by atoms with Crippen LogP contribution in [0.15, 0.2) is 47.4 Å². The maximum atomic E-state index is 12.8. The van der Waals surface area contributed by atoms with Gasteiger partial charge in [0.25, 0.3) is 0 Å². The largest absolute Gasteiger partial charge is 0.312 e. The quantitative estimate of drug-likeness (QED) is 0.769. The standard InChI is InChI=1S/C23H29N3O3S/c1-18(27)26-14-4-5-21-15-22(10-11-23(21)26)30(28,29)24-16-19-6-8-20(9-7-19)17-25-12-2-3-13-25/h6-11,15,24H,2-5,12-14,16-17H2,1H3. The van der Waals surface area contributed by atoms with E-state index in [1.807, 2.05) is 12.1 Å². The average Bonchev–Trinajstić information content (AvgIpc) is 3.25. The smallest absolute Gasteiger partial charge is 0.240 e. The summed E-state index contributed by atoms with van der Waals surface area (Å²) in [6.07, 6.45) is 4.17. The lowest BCUT2D eigenvalue weighted by atomic mass is 10.0. The van der Waals surface area contributed by atoms with Gasteiger partial charge < -0.3 is 4.90 Å². The molecular formula is C23H29N3O3S. The Morgan fingerprint density at radius 1 is 0.967 bits per heavy atom. The number of carbonyl (C=O) groups is 1. The molecule has 2 aromatic carbocycles. The fraction of sp³-hybridized carbons (Fsp3) is 0.435. The van der Waals surface area contributed by atoms with E-state index in [4.69, 9.17) is 0 Å². The number of nitrogens with zero attached hydrogens (tertiary/aromatic N) is 2. The topological polar surface area (TPSA) is 69.7 Å². The molecule has 0 spiro atoms. The molecule has 0 aromatic heterocycles. The Kier molecular flexibility index (Phi) is 6.22. The van der Waals surface area contributed by atoms with E-state index < -0.39 is 10.0 Å². The number of likely N-dealkylation sites (tertiary alicyclic amines) is 1. The second-order valence-corrected chi connectivity index (χ2v) is 9.96. The van der Waals surface area contributed by atoms with Crippen LogP contribution in [0.2, 0.25) is 0 Å². The van der Waals surface area contributed by atoms with Gasteiger partial charge >= 0.3 is 0 Å². The summed E-state index contributed by atoms with van der Waals surface area (Å²) in [7, 11) is -3.62. The molecule has 0 unspecified atom stereocenters. The van der Waals surface area contributed by atoms with Crippen LogP contribution in [0.5, 0.6) is 0 Å². The number of carbonyl (C=O) groups excluding carboxylic acids is 1. The van der Waals surface area contributed by atoms with Gasteiger partial charge in [-0.05, 0) is 73.7 Å². The fourth-order valence-electron chi connectivity index (χ4n) is 4.29. The van der Waals surface area contributed by atoms with Gasteiger partial charge in [0.15, 0.2) is 0 Å². The maximum absolute atomic E-state index is 12.8. The predicted octanol–water partition coefficient (Wildman–Crippen LogP) is 3.06. The van der Waals surface area contributed by atoms with Gasteiger partial charge in [0, 0.05) is 32.2 Å². The van der Waals surface area contributed by atoms with Crippen molar-refractivity contribution in [2.24, 2.45) is 0 Å². The monoisotopic (exact) mass is 427 g/mol. The van der Waals surface area contributed by atoms with E-state index in [0.29, 0.717) is 6.54 Å². The third kappa shape index (κ3) is 4.74. The zero-order valence-electron chi connectivity index (χ0n) is 17.4. The lowest BCUT2D eigenvalue weighted by Gasteiger charge is -2.28. The minimum Gasteiger partial charge on any atom is -0.312 e. The third-order valence-electron chi connectivity index (χ3n) is 5.95. The molecular weight excluding hydrogens is 398 g/mol. The molecule has 7 heteroatoms. The van der Waals surface area contributed by atoms with Crippen LogP contribution in [0.25, 0.3) is 0 Å². The molecule has 2 aliphatic rings. The van der Waals surface area contributed by atoms with Crippen molar-refractivity contribution in [1.82, 2.24) is 9.62 Å². The highest BCUT2D eigenvalue weighted by atomic mass is 32.2. The van der Waals surface area contributed by atoms with Gasteiger partial charge in [-0.15, -0.1) is 0 Å². The molecule has 4 rings (SSSR count). The Hall–Kier alpha value is -2.22. The van der Waals surface area contributed by atoms with E-state index in [-0.39, 0.29) is 17.3 Å². The second-order valence-electron chi connectivity index (χ2n) is 8.19. The first-order valence-electron chi connectivity index (χ1n) is 10.6. The first kappa shape index (κ1) is 21.0. The molecule has 2 heterocycles. The summed E-state index contributed by atoms with van der Waals surface area (Å²) in [5.74, 6) is -0.0159. The van der Waals surface area contributed by atoms with Crippen LogP contribution < -0.4 is 9.62 Å². The first-order valence-corrected chi connectivity index (χ1v) is 12.1. The number of nitrogens with one attached hydrogen (secondary N) is 1. The number of sulfonamides is 1. The van der Waals surface area contributed by atoms with E-state index in [9.17, 15) is 13.2 Å². The van der Waals surface area contributed by atoms with E-state index in [0.717, 1.165) is 49.3 Å². The molecule has 1 N–H and O–H groups in total. The molecule has 6 nitrogen and oxygen atoms in total. The molecule has 0 aliphatic carbocycles. The highest BCUT2D eigenvalue weighted by molar-refractivity contribution is 7.89. The summed E-state index contributed by atoms with van der Waals surface area (Å²) in [5, 5.41) is 0. The van der Waals surface area contributed by atoms with Crippen molar-refractivity contribution >= 4 is 21.6 Å². The maximum Gasteiger partial charge on any atom is 0.240 e. The highest BCUT2D eigenvalue weighted by Crippen LogP contribution is 2.29. The van der Waals surface area contributed by atoms with Gasteiger partial charge in [-0.1, -0.05) is 24.3 Å². The number of benzene rings is 2. The van der Waals surface area contributed by atoms with E-state index in [1.54, 1.807) is 23.1 Å². The van der Waals surface area contributed by atoms with Gasteiger partial charge in [-0.25, -0.2) is 13.1 Å². The molecule has 1 saturated heterocycles. The van der Waals surface area contributed by atoms with Crippen molar-refractivity contribution in [1.29, 1.82) is 0 Å². The molecule has 2 aliphatic heterocycles. The molecule has 0 saturated carbocycles. The van der Waals surface area contributed by atoms with Crippen molar-refractivity contribution in [3.8, 4) is 0 Å². The van der Waals surface area contributed by atoms with Gasteiger partial charge in [-0.3, -0.25) is 9.69 Å². The second kappa shape index (κ2) is 8.88. The molecule has 0 bridgehead atoms. The van der Waals surface area contributed by atoms with Gasteiger partial charge in [0.2, 0.25) is 15.9 Å². The Balaban J connectivity index is 1.41. The number of rotatable bonds is 6. The summed E-state index contributed by atoms with van der Waals surface area (Å²) in [6, 6.07) is 13.2. The summed E-state index contributed by atoms with van der Waals surface area (Å²) in [5.41, 5.74) is 3.92. The van der Waals surface area contributed by atoms with Crippen LogP contribution in [-0.4, -0.2) is 38.9 Å². The predicted molar refractivity (Wildman–Crippen MR) is 118 cm³/mol. The SMILES string of the molecule is CC(=O)N1CCCc2cc(S(=O)(=O)NCc3ccc(CN4CCCC4)cc3)ccc21. The van der Waals surface area contributed by atoms with Crippen LogP contribution in [0.3, 0.4) is 0 Å². The molecule has 1 amide bonds. The van der Waals surface area contributed by atoms with Crippen LogP contribution in [0, 0.1) is 0 Å². The Morgan fingerprint density at radius 2 is 1.67 bits per heavy atom. The number of fused-ring (bicyclic) bond motifs is 1. The zero-order chi connectivity index (χ0) is 21.1. The van der Waals surface area contributed by atoms with Crippen LogP contribution >= 0.6 is 0 Å². The number of anilines is 1. The first-order chi connectivity index (χ1) is 14.4.